The van der Waals surface area contributed by atoms with Crippen molar-refractivity contribution in [3.05, 3.63) is 34.6 Å². The molecular formula is C14H16ClFN2O2. The van der Waals surface area contributed by atoms with E-state index in [1.807, 2.05) is 13.8 Å². The first-order valence-electron chi connectivity index (χ1n) is 6.41. The number of hydrogen-bond acceptors (Lipinski definition) is 2. The number of amides is 2. The molecule has 1 atom stereocenters. The van der Waals surface area contributed by atoms with Crippen molar-refractivity contribution >= 4 is 23.4 Å². The smallest absolute Gasteiger partial charge is 0.246 e. The summed E-state index contributed by atoms with van der Waals surface area (Å²) in [5.41, 5.74) is 0.236. The summed E-state index contributed by atoms with van der Waals surface area (Å²) in [4.78, 5) is 25.3. The van der Waals surface area contributed by atoms with Gasteiger partial charge in [0, 0.05) is 10.6 Å². The monoisotopic (exact) mass is 298 g/mol. The number of carbonyl (C=O) groups is 2. The summed E-state index contributed by atoms with van der Waals surface area (Å²) < 4.78 is 13.8. The Bertz CT molecular complexity index is 528. The first-order valence-corrected chi connectivity index (χ1v) is 6.79. The Morgan fingerprint density at radius 2 is 2.15 bits per heavy atom. The Balaban J connectivity index is 2.24. The molecule has 4 nitrogen and oxygen atoms in total. The van der Waals surface area contributed by atoms with Crippen molar-refractivity contribution in [3.63, 3.8) is 0 Å². The molecule has 1 fully saturated rings. The number of rotatable bonds is 3. The summed E-state index contributed by atoms with van der Waals surface area (Å²) in [5, 5.41) is 2.91. The van der Waals surface area contributed by atoms with Gasteiger partial charge in [0.15, 0.2) is 0 Å². The van der Waals surface area contributed by atoms with Gasteiger partial charge in [-0.2, -0.15) is 0 Å². The maximum atomic E-state index is 13.8. The van der Waals surface area contributed by atoms with Crippen LogP contribution in [0.25, 0.3) is 0 Å². The lowest BCUT2D eigenvalue weighted by Gasteiger charge is -2.34. The lowest BCUT2D eigenvalue weighted by molar-refractivity contribution is -0.146. The quantitative estimate of drug-likeness (QED) is 0.927. The molecule has 20 heavy (non-hydrogen) atoms. The number of hydrogen-bond donors (Lipinski definition) is 1. The van der Waals surface area contributed by atoms with Crippen LogP contribution in [0.15, 0.2) is 18.2 Å². The van der Waals surface area contributed by atoms with Crippen LogP contribution in [0.2, 0.25) is 5.02 Å². The van der Waals surface area contributed by atoms with E-state index in [1.54, 1.807) is 6.07 Å². The SMILES string of the molecule is CC(C)C1NC(=O)CN(Cc2c(F)cccc2Cl)C1=O. The van der Waals surface area contributed by atoms with Gasteiger partial charge in [0.1, 0.15) is 11.9 Å². The van der Waals surface area contributed by atoms with E-state index in [0.717, 1.165) is 0 Å². The number of carbonyl (C=O) groups excluding carboxylic acids is 2. The largest absolute Gasteiger partial charge is 0.343 e. The van der Waals surface area contributed by atoms with Gasteiger partial charge in [-0.05, 0) is 18.1 Å². The predicted molar refractivity (Wildman–Crippen MR) is 73.6 cm³/mol. The van der Waals surface area contributed by atoms with Crippen LogP contribution in [0.1, 0.15) is 19.4 Å². The van der Waals surface area contributed by atoms with Crippen molar-refractivity contribution < 1.29 is 14.0 Å². The van der Waals surface area contributed by atoms with Gasteiger partial charge in [-0.1, -0.05) is 31.5 Å². The fourth-order valence-electron chi connectivity index (χ4n) is 2.19. The van der Waals surface area contributed by atoms with Gasteiger partial charge in [0.2, 0.25) is 11.8 Å². The summed E-state index contributed by atoms with van der Waals surface area (Å²) >= 11 is 5.95. The van der Waals surface area contributed by atoms with Crippen LogP contribution in [-0.4, -0.2) is 29.3 Å². The molecule has 1 N–H and O–H groups in total. The Morgan fingerprint density at radius 3 is 2.75 bits per heavy atom. The van der Waals surface area contributed by atoms with E-state index in [2.05, 4.69) is 5.32 Å². The van der Waals surface area contributed by atoms with Gasteiger partial charge in [-0.3, -0.25) is 9.59 Å². The van der Waals surface area contributed by atoms with Crippen molar-refractivity contribution in [2.24, 2.45) is 5.92 Å². The fraction of sp³-hybridized carbons (Fsp3) is 0.429. The van der Waals surface area contributed by atoms with Gasteiger partial charge in [0.25, 0.3) is 0 Å². The Kier molecular flexibility index (Phi) is 4.28. The molecule has 0 aromatic heterocycles. The highest BCUT2D eigenvalue weighted by atomic mass is 35.5. The van der Waals surface area contributed by atoms with E-state index >= 15 is 0 Å². The molecule has 1 aromatic rings. The molecule has 0 radical (unpaired) electrons. The molecule has 6 heteroatoms. The Labute approximate surface area is 121 Å². The summed E-state index contributed by atoms with van der Waals surface area (Å²) in [7, 11) is 0. The molecule has 0 saturated carbocycles. The molecule has 0 bridgehead atoms. The minimum absolute atomic E-state index is 0.000972. The third kappa shape index (κ3) is 2.93. The van der Waals surface area contributed by atoms with Crippen LogP contribution in [-0.2, 0) is 16.1 Å². The van der Waals surface area contributed by atoms with E-state index in [-0.39, 0.29) is 41.4 Å². The summed E-state index contributed by atoms with van der Waals surface area (Å²) in [5.74, 6) is -0.947. The van der Waals surface area contributed by atoms with Crippen molar-refractivity contribution in [1.29, 1.82) is 0 Å². The van der Waals surface area contributed by atoms with Gasteiger partial charge in [0.05, 0.1) is 13.1 Å². The summed E-state index contributed by atoms with van der Waals surface area (Å²) in [6, 6.07) is 3.79. The van der Waals surface area contributed by atoms with Crippen LogP contribution in [0.4, 0.5) is 4.39 Å². The second-order valence-electron chi connectivity index (χ2n) is 5.18. The van der Waals surface area contributed by atoms with E-state index in [0.29, 0.717) is 0 Å². The summed E-state index contributed by atoms with van der Waals surface area (Å²) in [6.07, 6.45) is 0. The Morgan fingerprint density at radius 1 is 1.45 bits per heavy atom. The molecule has 1 aromatic carbocycles. The highest BCUT2D eigenvalue weighted by Crippen LogP contribution is 2.22. The molecule has 0 spiro atoms. The zero-order valence-electron chi connectivity index (χ0n) is 11.3. The van der Waals surface area contributed by atoms with Crippen molar-refractivity contribution in [1.82, 2.24) is 10.2 Å². The van der Waals surface area contributed by atoms with Crippen LogP contribution >= 0.6 is 11.6 Å². The molecule has 1 unspecified atom stereocenters. The van der Waals surface area contributed by atoms with E-state index in [4.69, 9.17) is 11.6 Å². The zero-order chi connectivity index (χ0) is 14.9. The first kappa shape index (κ1) is 14.8. The summed E-state index contributed by atoms with van der Waals surface area (Å²) in [6.45, 7) is 3.62. The van der Waals surface area contributed by atoms with Crippen molar-refractivity contribution in [2.75, 3.05) is 6.54 Å². The molecule has 2 rings (SSSR count). The van der Waals surface area contributed by atoms with Crippen LogP contribution in [0, 0.1) is 11.7 Å². The molecule has 0 aliphatic carbocycles. The van der Waals surface area contributed by atoms with E-state index in [9.17, 15) is 14.0 Å². The van der Waals surface area contributed by atoms with Gasteiger partial charge < -0.3 is 10.2 Å². The lowest BCUT2D eigenvalue weighted by atomic mass is 10.0. The first-order chi connectivity index (χ1) is 9.40. The van der Waals surface area contributed by atoms with Crippen LogP contribution < -0.4 is 5.32 Å². The highest BCUT2D eigenvalue weighted by molar-refractivity contribution is 6.31. The standard InChI is InChI=1S/C14H16ClFN2O2/c1-8(2)13-14(20)18(7-12(19)17-13)6-9-10(15)4-3-5-11(9)16/h3-5,8,13H,6-7H2,1-2H3,(H,17,19). The topological polar surface area (TPSA) is 49.4 Å². The highest BCUT2D eigenvalue weighted by Gasteiger charge is 2.34. The van der Waals surface area contributed by atoms with Gasteiger partial charge in [-0.25, -0.2) is 4.39 Å². The fourth-order valence-corrected chi connectivity index (χ4v) is 2.41. The molecule has 1 heterocycles. The number of piperazine rings is 1. The molecule has 2 amide bonds. The minimum atomic E-state index is -0.568. The van der Waals surface area contributed by atoms with E-state index < -0.39 is 11.9 Å². The number of nitrogens with one attached hydrogen (secondary N) is 1. The molecule has 1 aliphatic heterocycles. The van der Waals surface area contributed by atoms with Crippen molar-refractivity contribution in [2.45, 2.75) is 26.4 Å². The third-order valence-corrected chi connectivity index (χ3v) is 3.66. The molecule has 1 saturated heterocycles. The number of benzene rings is 1. The number of halogens is 2. The second kappa shape index (κ2) is 5.79. The predicted octanol–water partition coefficient (Wildman–Crippen LogP) is 1.96. The van der Waals surface area contributed by atoms with Crippen molar-refractivity contribution in [3.8, 4) is 0 Å². The number of nitrogens with zero attached hydrogens (tertiary/aromatic N) is 1. The third-order valence-electron chi connectivity index (χ3n) is 3.31. The zero-order valence-corrected chi connectivity index (χ0v) is 12.1. The molecule has 108 valence electrons. The molecular weight excluding hydrogens is 283 g/mol. The average molecular weight is 299 g/mol. The normalized spacial score (nSPS) is 19.4. The van der Waals surface area contributed by atoms with Gasteiger partial charge >= 0.3 is 0 Å². The van der Waals surface area contributed by atoms with Gasteiger partial charge in [-0.15, -0.1) is 0 Å². The second-order valence-corrected chi connectivity index (χ2v) is 5.59. The van der Waals surface area contributed by atoms with Crippen LogP contribution in [0.5, 0.6) is 0 Å². The van der Waals surface area contributed by atoms with E-state index in [1.165, 1.54) is 17.0 Å². The average Bonchev–Trinajstić information content (AvgIpc) is 2.37. The lowest BCUT2D eigenvalue weighted by Crippen LogP contribution is -2.59. The Hall–Kier alpha value is -1.62. The minimum Gasteiger partial charge on any atom is -0.343 e. The van der Waals surface area contributed by atoms with Crippen LogP contribution in [0.3, 0.4) is 0 Å². The maximum Gasteiger partial charge on any atom is 0.246 e. The molecule has 1 aliphatic rings. The maximum absolute atomic E-state index is 13.8.